The van der Waals surface area contributed by atoms with Crippen LogP contribution in [0.2, 0.25) is 0 Å². The summed E-state index contributed by atoms with van der Waals surface area (Å²) >= 11 is 0. The lowest BCUT2D eigenvalue weighted by atomic mass is 10.2. The van der Waals surface area contributed by atoms with Gasteiger partial charge in [0.25, 0.3) is 5.91 Å². The van der Waals surface area contributed by atoms with Gasteiger partial charge in [0.1, 0.15) is 28.5 Å². The summed E-state index contributed by atoms with van der Waals surface area (Å²) in [6.07, 6.45) is 1.54. The average Bonchev–Trinajstić information content (AvgIpc) is 2.96. The van der Waals surface area contributed by atoms with Gasteiger partial charge in [-0.15, -0.1) is 0 Å². The van der Waals surface area contributed by atoms with Gasteiger partial charge in [-0.25, -0.2) is 8.78 Å². The van der Waals surface area contributed by atoms with E-state index >= 15 is 0 Å². The number of rotatable bonds is 2. The van der Waals surface area contributed by atoms with Gasteiger partial charge in [0.05, 0.1) is 11.0 Å². The number of para-hydroxylation sites is 3. The van der Waals surface area contributed by atoms with E-state index in [1.807, 2.05) is 18.2 Å². The first kappa shape index (κ1) is 15.1. The summed E-state index contributed by atoms with van der Waals surface area (Å²) in [5.41, 5.74) is 0.373. The highest BCUT2D eigenvalue weighted by Gasteiger charge is 2.20. The number of aromatic amines is 1. The highest BCUT2D eigenvalue weighted by Crippen LogP contribution is 2.21. The molecule has 0 unspecified atom stereocenters. The number of nitrogens with one attached hydrogen (secondary N) is 2. The second kappa shape index (κ2) is 5.55. The van der Waals surface area contributed by atoms with Gasteiger partial charge in [-0.2, -0.15) is 0 Å². The van der Waals surface area contributed by atoms with E-state index in [-0.39, 0.29) is 11.2 Å². The molecule has 25 heavy (non-hydrogen) atoms. The molecule has 1 amide bonds. The minimum absolute atomic E-state index is 0.221. The van der Waals surface area contributed by atoms with Crippen LogP contribution in [0.1, 0.15) is 10.4 Å². The van der Waals surface area contributed by atoms with Gasteiger partial charge in [0.2, 0.25) is 0 Å². The van der Waals surface area contributed by atoms with Crippen LogP contribution in [-0.4, -0.2) is 15.3 Å². The fourth-order valence-electron chi connectivity index (χ4n) is 2.79. The number of carbonyl (C=O) groups is 1. The van der Waals surface area contributed by atoms with Crippen LogP contribution in [0, 0.1) is 11.6 Å². The summed E-state index contributed by atoms with van der Waals surface area (Å²) < 4.78 is 29.2. The van der Waals surface area contributed by atoms with Gasteiger partial charge >= 0.3 is 0 Å². The van der Waals surface area contributed by atoms with E-state index in [4.69, 9.17) is 0 Å². The Bertz CT molecular complexity index is 1170. The maximum atomic E-state index is 13.8. The fraction of sp³-hybridized carbons (Fsp3) is 0. The Balaban J connectivity index is 1.90. The van der Waals surface area contributed by atoms with Crippen molar-refractivity contribution in [1.29, 1.82) is 0 Å². The smallest absolute Gasteiger partial charge is 0.263 e. The lowest BCUT2D eigenvalue weighted by Gasteiger charge is -2.08. The number of pyridine rings is 1. The van der Waals surface area contributed by atoms with E-state index in [9.17, 15) is 18.4 Å². The lowest BCUT2D eigenvalue weighted by molar-refractivity contribution is 0.102. The first-order valence-corrected chi connectivity index (χ1v) is 7.44. The summed E-state index contributed by atoms with van der Waals surface area (Å²) in [5, 5.41) is 2.15. The third-order valence-corrected chi connectivity index (χ3v) is 3.94. The summed E-state index contributed by atoms with van der Waals surface area (Å²) in [5.74, 6) is -2.73. The van der Waals surface area contributed by atoms with Crippen LogP contribution in [0.5, 0.6) is 0 Å². The van der Waals surface area contributed by atoms with Crippen molar-refractivity contribution in [2.75, 3.05) is 5.32 Å². The maximum absolute atomic E-state index is 13.8. The standard InChI is InChI=1S/C18H11F2N3O2/c19-10-4-3-5-11(20)16(10)22-18(25)15-14(24)8-9-23-13-7-2-1-6-12(13)21-17(15)23/h1-9,21H,(H,22,25). The van der Waals surface area contributed by atoms with Gasteiger partial charge in [0, 0.05) is 12.3 Å². The summed E-state index contributed by atoms with van der Waals surface area (Å²) in [6, 6.07) is 11.7. The number of amides is 1. The zero-order valence-electron chi connectivity index (χ0n) is 12.7. The number of nitrogens with zero attached hydrogens (tertiary/aromatic N) is 1. The van der Waals surface area contributed by atoms with E-state index < -0.39 is 28.7 Å². The third-order valence-electron chi connectivity index (χ3n) is 3.94. The molecule has 2 aromatic heterocycles. The molecule has 2 heterocycles. The minimum Gasteiger partial charge on any atom is -0.339 e. The zero-order valence-corrected chi connectivity index (χ0v) is 12.7. The Morgan fingerprint density at radius 3 is 2.48 bits per heavy atom. The van der Waals surface area contributed by atoms with E-state index in [2.05, 4.69) is 10.3 Å². The Morgan fingerprint density at radius 1 is 1.00 bits per heavy atom. The van der Waals surface area contributed by atoms with Gasteiger partial charge in [-0.1, -0.05) is 18.2 Å². The van der Waals surface area contributed by atoms with Gasteiger partial charge in [-0.05, 0) is 24.3 Å². The molecule has 4 aromatic rings. The van der Waals surface area contributed by atoms with Crippen molar-refractivity contribution in [2.45, 2.75) is 0 Å². The van der Waals surface area contributed by atoms with Gasteiger partial charge in [0.15, 0.2) is 5.43 Å². The fourth-order valence-corrected chi connectivity index (χ4v) is 2.79. The van der Waals surface area contributed by atoms with Crippen LogP contribution < -0.4 is 10.7 Å². The van der Waals surface area contributed by atoms with Crippen molar-refractivity contribution in [1.82, 2.24) is 9.38 Å². The molecule has 0 aliphatic rings. The van der Waals surface area contributed by atoms with Crippen LogP contribution in [0.3, 0.4) is 0 Å². The number of carbonyl (C=O) groups excluding carboxylic acids is 1. The van der Waals surface area contributed by atoms with E-state index in [0.717, 1.165) is 23.2 Å². The molecule has 0 bridgehead atoms. The Morgan fingerprint density at radius 2 is 1.72 bits per heavy atom. The third kappa shape index (κ3) is 2.37. The Kier molecular flexibility index (Phi) is 3.35. The van der Waals surface area contributed by atoms with Gasteiger partial charge < -0.3 is 14.7 Å². The number of imidazole rings is 1. The molecule has 0 radical (unpaired) electrons. The van der Waals surface area contributed by atoms with Crippen LogP contribution in [0.25, 0.3) is 16.7 Å². The van der Waals surface area contributed by atoms with E-state index in [1.165, 1.54) is 18.3 Å². The largest absolute Gasteiger partial charge is 0.339 e. The number of H-pyrrole nitrogens is 1. The zero-order chi connectivity index (χ0) is 17.6. The maximum Gasteiger partial charge on any atom is 0.263 e. The molecule has 0 fully saturated rings. The van der Waals surface area contributed by atoms with Crippen LogP contribution in [0.4, 0.5) is 14.5 Å². The van der Waals surface area contributed by atoms with Crippen LogP contribution >= 0.6 is 0 Å². The Hall–Kier alpha value is -3.48. The number of halogens is 2. The highest BCUT2D eigenvalue weighted by molar-refractivity contribution is 6.09. The number of benzene rings is 2. The summed E-state index contributed by atoms with van der Waals surface area (Å²) in [4.78, 5) is 27.8. The Labute approximate surface area is 139 Å². The highest BCUT2D eigenvalue weighted by atomic mass is 19.1. The lowest BCUT2D eigenvalue weighted by Crippen LogP contribution is -2.23. The van der Waals surface area contributed by atoms with Crippen molar-refractivity contribution in [3.8, 4) is 0 Å². The quantitative estimate of drug-likeness (QED) is 0.588. The molecule has 0 aliphatic heterocycles. The molecule has 0 aliphatic carbocycles. The van der Waals surface area contributed by atoms with Crippen molar-refractivity contribution >= 4 is 28.3 Å². The molecule has 5 nitrogen and oxygen atoms in total. The second-order valence-electron chi connectivity index (χ2n) is 5.47. The number of aromatic nitrogens is 2. The van der Waals surface area contributed by atoms with E-state index in [1.54, 1.807) is 10.5 Å². The molecule has 2 N–H and O–H groups in total. The molecule has 0 saturated carbocycles. The first-order chi connectivity index (χ1) is 12.1. The number of hydrogen-bond donors (Lipinski definition) is 2. The molecular formula is C18H11F2N3O2. The number of hydrogen-bond acceptors (Lipinski definition) is 2. The van der Waals surface area contributed by atoms with Crippen LogP contribution in [-0.2, 0) is 0 Å². The van der Waals surface area contributed by atoms with Crippen molar-refractivity contribution in [3.05, 3.63) is 82.1 Å². The summed E-state index contributed by atoms with van der Waals surface area (Å²) in [7, 11) is 0. The molecule has 0 saturated heterocycles. The molecule has 0 atom stereocenters. The molecule has 124 valence electrons. The number of fused-ring (bicyclic) bond motifs is 3. The van der Waals surface area contributed by atoms with Crippen molar-refractivity contribution in [2.24, 2.45) is 0 Å². The van der Waals surface area contributed by atoms with Crippen LogP contribution in [0.15, 0.2) is 59.5 Å². The van der Waals surface area contributed by atoms with Crippen molar-refractivity contribution in [3.63, 3.8) is 0 Å². The predicted octanol–water partition coefficient (Wildman–Crippen LogP) is 3.31. The molecule has 7 heteroatoms. The molecule has 0 spiro atoms. The normalized spacial score (nSPS) is 11.1. The molecular weight excluding hydrogens is 328 g/mol. The molecule has 2 aromatic carbocycles. The SMILES string of the molecule is O=C(Nc1c(F)cccc1F)c1c(=O)ccn2c1[nH]c1ccccc12. The van der Waals surface area contributed by atoms with Crippen molar-refractivity contribution < 1.29 is 13.6 Å². The first-order valence-electron chi connectivity index (χ1n) is 7.44. The topological polar surface area (TPSA) is 66.4 Å². The average molecular weight is 339 g/mol. The molecule has 4 rings (SSSR count). The van der Waals surface area contributed by atoms with E-state index in [0.29, 0.717) is 0 Å². The monoisotopic (exact) mass is 339 g/mol. The number of anilines is 1. The second-order valence-corrected chi connectivity index (χ2v) is 5.47. The summed E-state index contributed by atoms with van der Waals surface area (Å²) in [6.45, 7) is 0. The van der Waals surface area contributed by atoms with Gasteiger partial charge in [-0.3, -0.25) is 9.59 Å². The minimum atomic E-state index is -0.919. The predicted molar refractivity (Wildman–Crippen MR) is 89.8 cm³/mol.